The van der Waals surface area contributed by atoms with Crippen LogP contribution < -0.4 is 4.72 Å². The van der Waals surface area contributed by atoms with Gasteiger partial charge in [-0.05, 0) is 67.2 Å². The average Bonchev–Trinajstić information content (AvgIpc) is 3.27. The second kappa shape index (κ2) is 8.95. The highest BCUT2D eigenvalue weighted by Gasteiger charge is 2.22. The Labute approximate surface area is 172 Å². The van der Waals surface area contributed by atoms with Crippen LogP contribution in [-0.2, 0) is 16.6 Å². The minimum absolute atomic E-state index is 0.312. The zero-order chi connectivity index (χ0) is 20.1. The summed E-state index contributed by atoms with van der Waals surface area (Å²) < 4.78 is 33.5. The Morgan fingerprint density at radius 1 is 0.897 bits per heavy atom. The first-order chi connectivity index (χ1) is 14.1. The normalized spacial score (nSPS) is 16.1. The molecule has 4 rings (SSSR count). The van der Waals surface area contributed by atoms with E-state index in [9.17, 15) is 8.42 Å². The van der Waals surface area contributed by atoms with Gasteiger partial charge < -0.3 is 4.42 Å². The van der Waals surface area contributed by atoms with Crippen LogP contribution in [0.25, 0.3) is 11.1 Å². The van der Waals surface area contributed by atoms with Crippen LogP contribution in [-0.4, -0.2) is 33.0 Å². The third kappa shape index (κ3) is 5.15. The van der Waals surface area contributed by atoms with Gasteiger partial charge in [0.1, 0.15) is 5.76 Å². The van der Waals surface area contributed by atoms with Crippen molar-refractivity contribution in [2.24, 2.45) is 5.92 Å². The van der Waals surface area contributed by atoms with E-state index in [1.807, 2.05) is 54.6 Å². The average molecular weight is 411 g/mol. The minimum atomic E-state index is -3.49. The van der Waals surface area contributed by atoms with E-state index >= 15 is 0 Å². The summed E-state index contributed by atoms with van der Waals surface area (Å²) in [6, 6.07) is 20.9. The first-order valence-corrected chi connectivity index (χ1v) is 11.5. The maximum atomic E-state index is 12.7. The number of nitrogens with one attached hydrogen (secondary N) is 1. The molecular formula is C23H26N2O3S. The van der Waals surface area contributed by atoms with Crippen LogP contribution in [0.2, 0.25) is 0 Å². The van der Waals surface area contributed by atoms with Crippen molar-refractivity contribution in [1.29, 1.82) is 0 Å². The Balaban J connectivity index is 1.29. The van der Waals surface area contributed by atoms with Crippen LogP contribution in [0.15, 0.2) is 82.3 Å². The van der Waals surface area contributed by atoms with Gasteiger partial charge in [-0.1, -0.05) is 42.5 Å². The number of piperidine rings is 1. The Morgan fingerprint density at radius 3 is 2.24 bits per heavy atom. The predicted molar refractivity (Wildman–Crippen MR) is 114 cm³/mol. The third-order valence-corrected chi connectivity index (χ3v) is 6.94. The van der Waals surface area contributed by atoms with E-state index in [2.05, 4.69) is 9.62 Å². The Hall–Kier alpha value is -2.41. The van der Waals surface area contributed by atoms with Gasteiger partial charge in [-0.25, -0.2) is 13.1 Å². The van der Waals surface area contributed by atoms with Crippen molar-refractivity contribution in [3.05, 3.63) is 78.8 Å². The Morgan fingerprint density at radius 2 is 1.59 bits per heavy atom. The molecule has 1 saturated heterocycles. The molecule has 0 radical (unpaired) electrons. The molecule has 0 unspecified atom stereocenters. The molecule has 1 aliphatic rings. The summed E-state index contributed by atoms with van der Waals surface area (Å²) in [7, 11) is -3.49. The highest BCUT2D eigenvalue weighted by molar-refractivity contribution is 7.89. The van der Waals surface area contributed by atoms with Gasteiger partial charge in [0, 0.05) is 6.54 Å². The zero-order valence-corrected chi connectivity index (χ0v) is 17.1. The predicted octanol–water partition coefficient (Wildman–Crippen LogP) is 4.14. The number of nitrogens with zero attached hydrogens (tertiary/aromatic N) is 1. The monoisotopic (exact) mass is 410 g/mol. The van der Waals surface area contributed by atoms with Gasteiger partial charge in [0.2, 0.25) is 10.0 Å². The lowest BCUT2D eigenvalue weighted by atomic mass is 9.97. The molecule has 1 aromatic heterocycles. The van der Waals surface area contributed by atoms with E-state index in [1.54, 1.807) is 18.4 Å². The van der Waals surface area contributed by atoms with Crippen LogP contribution >= 0.6 is 0 Å². The summed E-state index contributed by atoms with van der Waals surface area (Å²) in [6.07, 6.45) is 3.66. The molecule has 3 aromatic rings. The molecule has 0 aliphatic carbocycles. The summed E-state index contributed by atoms with van der Waals surface area (Å²) in [5.41, 5.74) is 2.08. The number of hydrogen-bond acceptors (Lipinski definition) is 4. The number of hydrogen-bond donors (Lipinski definition) is 1. The highest BCUT2D eigenvalue weighted by Crippen LogP contribution is 2.22. The lowest BCUT2D eigenvalue weighted by molar-refractivity contribution is 0.168. The first-order valence-electron chi connectivity index (χ1n) is 10.00. The second-order valence-electron chi connectivity index (χ2n) is 7.54. The molecule has 29 heavy (non-hydrogen) atoms. The van der Waals surface area contributed by atoms with Gasteiger partial charge in [0.15, 0.2) is 0 Å². The van der Waals surface area contributed by atoms with Crippen molar-refractivity contribution in [3.8, 4) is 11.1 Å². The topological polar surface area (TPSA) is 62.6 Å². The maximum absolute atomic E-state index is 12.7. The van der Waals surface area contributed by atoms with E-state index in [1.165, 1.54) is 0 Å². The van der Waals surface area contributed by atoms with Gasteiger partial charge in [0.05, 0.1) is 17.7 Å². The van der Waals surface area contributed by atoms with E-state index < -0.39 is 10.0 Å². The van der Waals surface area contributed by atoms with Crippen LogP contribution in [0.5, 0.6) is 0 Å². The van der Waals surface area contributed by atoms with Crippen LogP contribution in [0.3, 0.4) is 0 Å². The second-order valence-corrected chi connectivity index (χ2v) is 9.31. The molecule has 0 bridgehead atoms. The highest BCUT2D eigenvalue weighted by atomic mass is 32.2. The van der Waals surface area contributed by atoms with Crippen LogP contribution in [0.1, 0.15) is 18.6 Å². The molecule has 5 nitrogen and oxygen atoms in total. The summed E-state index contributed by atoms with van der Waals surface area (Å²) in [6.45, 7) is 3.22. The molecule has 1 fully saturated rings. The zero-order valence-electron chi connectivity index (χ0n) is 16.3. The summed E-state index contributed by atoms with van der Waals surface area (Å²) in [4.78, 5) is 2.67. The summed E-state index contributed by atoms with van der Waals surface area (Å²) in [5, 5.41) is 0. The molecular weight excluding hydrogens is 384 g/mol. The molecule has 1 N–H and O–H groups in total. The number of rotatable bonds is 7. The summed E-state index contributed by atoms with van der Waals surface area (Å²) >= 11 is 0. The molecule has 0 saturated carbocycles. The van der Waals surface area contributed by atoms with Crippen molar-refractivity contribution in [2.45, 2.75) is 24.3 Å². The Kier molecular flexibility index (Phi) is 6.13. The fourth-order valence-corrected chi connectivity index (χ4v) is 4.86. The Bertz CT molecular complexity index is 992. The first kappa shape index (κ1) is 19.9. The third-order valence-electron chi connectivity index (χ3n) is 5.50. The number of furan rings is 1. The lowest BCUT2D eigenvalue weighted by Crippen LogP contribution is -2.38. The maximum Gasteiger partial charge on any atom is 0.240 e. The lowest BCUT2D eigenvalue weighted by Gasteiger charge is -2.31. The van der Waals surface area contributed by atoms with E-state index in [0.717, 1.165) is 49.4 Å². The van der Waals surface area contributed by atoms with Crippen molar-refractivity contribution < 1.29 is 12.8 Å². The molecule has 0 atom stereocenters. The standard InChI is InChI=1S/C23H26N2O3S/c26-29(27,23-10-8-21(9-11-23)20-5-2-1-3-6-20)24-17-19-12-14-25(15-13-19)18-22-7-4-16-28-22/h1-11,16,19,24H,12-15,17-18H2. The SMILES string of the molecule is O=S(=O)(NCC1CCN(Cc2ccco2)CC1)c1ccc(-c2ccccc2)cc1. The molecule has 6 heteroatoms. The van der Waals surface area contributed by atoms with Gasteiger partial charge in [-0.3, -0.25) is 4.90 Å². The van der Waals surface area contributed by atoms with Crippen molar-refractivity contribution in [3.63, 3.8) is 0 Å². The molecule has 1 aliphatic heterocycles. The molecule has 0 amide bonds. The van der Waals surface area contributed by atoms with Crippen molar-refractivity contribution in [2.75, 3.05) is 19.6 Å². The van der Waals surface area contributed by atoms with Crippen molar-refractivity contribution >= 4 is 10.0 Å². The smallest absolute Gasteiger partial charge is 0.240 e. The van der Waals surface area contributed by atoms with Gasteiger partial charge >= 0.3 is 0 Å². The summed E-state index contributed by atoms with van der Waals surface area (Å²) in [5.74, 6) is 1.34. The number of likely N-dealkylation sites (tertiary alicyclic amines) is 1. The van der Waals surface area contributed by atoms with Crippen LogP contribution in [0.4, 0.5) is 0 Å². The number of benzene rings is 2. The van der Waals surface area contributed by atoms with Gasteiger partial charge in [-0.15, -0.1) is 0 Å². The fraction of sp³-hybridized carbons (Fsp3) is 0.304. The van der Waals surface area contributed by atoms with E-state index in [0.29, 0.717) is 17.4 Å². The van der Waals surface area contributed by atoms with Gasteiger partial charge in [-0.2, -0.15) is 0 Å². The van der Waals surface area contributed by atoms with E-state index in [-0.39, 0.29) is 0 Å². The molecule has 2 heterocycles. The largest absolute Gasteiger partial charge is 0.468 e. The molecule has 152 valence electrons. The minimum Gasteiger partial charge on any atom is -0.468 e. The van der Waals surface area contributed by atoms with Crippen LogP contribution in [0, 0.1) is 5.92 Å². The fourth-order valence-electron chi connectivity index (χ4n) is 3.74. The number of sulfonamides is 1. The van der Waals surface area contributed by atoms with E-state index in [4.69, 9.17) is 4.42 Å². The molecule has 2 aromatic carbocycles. The van der Waals surface area contributed by atoms with Crippen molar-refractivity contribution in [1.82, 2.24) is 9.62 Å². The van der Waals surface area contributed by atoms with Gasteiger partial charge in [0.25, 0.3) is 0 Å². The quantitative estimate of drug-likeness (QED) is 0.636. The molecule has 0 spiro atoms.